The predicted octanol–water partition coefficient (Wildman–Crippen LogP) is 4.58. The maximum absolute atomic E-state index is 13.8. The Labute approximate surface area is 215 Å². The van der Waals surface area contributed by atoms with E-state index in [1.165, 1.54) is 12.1 Å². The van der Waals surface area contributed by atoms with Gasteiger partial charge in [-0.05, 0) is 35.9 Å². The zero-order valence-electron chi connectivity index (χ0n) is 20.9. The second-order valence-corrected chi connectivity index (χ2v) is 9.62. The summed E-state index contributed by atoms with van der Waals surface area (Å²) in [5.74, 6) is 0.815. The van der Waals surface area contributed by atoms with Gasteiger partial charge in [0.25, 0.3) is 0 Å². The fraction of sp³-hybridized carbons (Fsp3) is 0.276. The van der Waals surface area contributed by atoms with Gasteiger partial charge in [0.2, 0.25) is 11.8 Å². The standard InChI is InChI=1S/C29H29FN4O3/c1-32(2)29-23(13-21-10-11-24(30)15-26(21)31-29)17-33(18-25-9-6-12-37-25)28(36)19-34-16-22(14-27(34)35)20-7-4-3-5-8-20/h3-13,15,22H,14,16-19H2,1-2H3/t22-/m1/s1. The lowest BCUT2D eigenvalue weighted by molar-refractivity contribution is -0.139. The van der Waals surface area contributed by atoms with Gasteiger partial charge in [-0.2, -0.15) is 0 Å². The third-order valence-corrected chi connectivity index (χ3v) is 6.71. The number of aromatic nitrogens is 1. The lowest BCUT2D eigenvalue weighted by Crippen LogP contribution is -2.40. The molecule has 0 radical (unpaired) electrons. The minimum absolute atomic E-state index is 0.00755. The number of hydrogen-bond acceptors (Lipinski definition) is 5. The van der Waals surface area contributed by atoms with Crippen molar-refractivity contribution < 1.29 is 18.4 Å². The van der Waals surface area contributed by atoms with Crippen LogP contribution in [0.15, 0.2) is 77.4 Å². The maximum Gasteiger partial charge on any atom is 0.242 e. The highest BCUT2D eigenvalue weighted by Crippen LogP contribution is 2.29. The predicted molar refractivity (Wildman–Crippen MR) is 139 cm³/mol. The zero-order valence-corrected chi connectivity index (χ0v) is 20.9. The normalized spacial score (nSPS) is 15.4. The average molecular weight is 501 g/mol. The van der Waals surface area contributed by atoms with Crippen molar-refractivity contribution in [3.8, 4) is 0 Å². The van der Waals surface area contributed by atoms with Gasteiger partial charge in [-0.1, -0.05) is 30.3 Å². The number of likely N-dealkylation sites (tertiary alicyclic amines) is 1. The number of pyridine rings is 1. The van der Waals surface area contributed by atoms with Gasteiger partial charge in [0.05, 0.1) is 24.9 Å². The van der Waals surface area contributed by atoms with E-state index in [0.717, 1.165) is 16.5 Å². The first-order valence-corrected chi connectivity index (χ1v) is 12.3. The summed E-state index contributed by atoms with van der Waals surface area (Å²) in [6.07, 6.45) is 1.97. The van der Waals surface area contributed by atoms with Crippen LogP contribution in [0.4, 0.5) is 10.2 Å². The van der Waals surface area contributed by atoms with E-state index in [2.05, 4.69) is 4.98 Å². The summed E-state index contributed by atoms with van der Waals surface area (Å²) >= 11 is 0. The molecule has 190 valence electrons. The number of anilines is 1. The van der Waals surface area contributed by atoms with Crippen LogP contribution < -0.4 is 4.90 Å². The zero-order chi connectivity index (χ0) is 25.9. The number of fused-ring (bicyclic) bond motifs is 1. The van der Waals surface area contributed by atoms with Gasteiger partial charge in [0.1, 0.15) is 17.4 Å². The van der Waals surface area contributed by atoms with Crippen molar-refractivity contribution in [1.82, 2.24) is 14.8 Å². The van der Waals surface area contributed by atoms with Crippen molar-refractivity contribution in [3.05, 3.63) is 95.7 Å². The fourth-order valence-electron chi connectivity index (χ4n) is 4.84. The van der Waals surface area contributed by atoms with E-state index < -0.39 is 0 Å². The van der Waals surface area contributed by atoms with Crippen LogP contribution in [0.3, 0.4) is 0 Å². The Morgan fingerprint density at radius 3 is 2.62 bits per heavy atom. The first kappa shape index (κ1) is 24.5. The van der Waals surface area contributed by atoms with E-state index in [-0.39, 0.29) is 43.2 Å². The van der Waals surface area contributed by atoms with Crippen LogP contribution in [0.2, 0.25) is 0 Å². The van der Waals surface area contributed by atoms with Crippen LogP contribution >= 0.6 is 0 Å². The molecule has 1 saturated heterocycles. The summed E-state index contributed by atoms with van der Waals surface area (Å²) in [5, 5.41) is 0.785. The number of carbonyl (C=O) groups is 2. The van der Waals surface area contributed by atoms with E-state index in [1.807, 2.05) is 61.5 Å². The number of benzene rings is 2. The van der Waals surface area contributed by atoms with Crippen molar-refractivity contribution in [1.29, 1.82) is 0 Å². The van der Waals surface area contributed by atoms with Crippen LogP contribution in [0, 0.1) is 5.82 Å². The van der Waals surface area contributed by atoms with Crippen LogP contribution in [0.25, 0.3) is 10.9 Å². The van der Waals surface area contributed by atoms with E-state index >= 15 is 0 Å². The molecule has 5 rings (SSSR count). The number of carbonyl (C=O) groups excluding carboxylic acids is 2. The summed E-state index contributed by atoms with van der Waals surface area (Å²) in [5.41, 5.74) is 2.47. The second-order valence-electron chi connectivity index (χ2n) is 9.62. The molecule has 2 amide bonds. The highest BCUT2D eigenvalue weighted by molar-refractivity contribution is 5.87. The molecule has 0 unspecified atom stereocenters. The molecule has 7 nitrogen and oxygen atoms in total. The van der Waals surface area contributed by atoms with Crippen LogP contribution in [-0.2, 0) is 22.7 Å². The fourth-order valence-corrected chi connectivity index (χ4v) is 4.84. The summed E-state index contributed by atoms with van der Waals surface area (Å²) in [7, 11) is 3.73. The minimum Gasteiger partial charge on any atom is -0.467 e. The first-order valence-electron chi connectivity index (χ1n) is 12.3. The molecule has 0 aliphatic carbocycles. The summed E-state index contributed by atoms with van der Waals surface area (Å²) in [6.45, 7) is 1.02. The van der Waals surface area contributed by atoms with Crippen LogP contribution in [-0.4, -0.2) is 53.8 Å². The average Bonchev–Trinajstić information content (AvgIpc) is 3.53. The van der Waals surface area contributed by atoms with E-state index in [4.69, 9.17) is 4.42 Å². The number of nitrogens with zero attached hydrogens (tertiary/aromatic N) is 4. The van der Waals surface area contributed by atoms with Gasteiger partial charge in [-0.3, -0.25) is 9.59 Å². The van der Waals surface area contributed by atoms with E-state index in [0.29, 0.717) is 30.1 Å². The van der Waals surface area contributed by atoms with E-state index in [1.54, 1.807) is 28.2 Å². The molecule has 1 aliphatic rings. The molecule has 0 N–H and O–H groups in total. The Morgan fingerprint density at radius 1 is 1.08 bits per heavy atom. The minimum atomic E-state index is -0.351. The molecule has 0 bridgehead atoms. The van der Waals surface area contributed by atoms with Gasteiger partial charge in [-0.25, -0.2) is 9.37 Å². The Morgan fingerprint density at radius 2 is 1.89 bits per heavy atom. The molecule has 2 aromatic heterocycles. The molecule has 1 atom stereocenters. The summed E-state index contributed by atoms with van der Waals surface area (Å²) in [6, 6.07) is 20.0. The highest BCUT2D eigenvalue weighted by atomic mass is 19.1. The number of amides is 2. The second kappa shape index (κ2) is 10.4. The number of rotatable bonds is 8. The molecule has 3 heterocycles. The van der Waals surface area contributed by atoms with Crippen molar-refractivity contribution in [2.75, 3.05) is 32.1 Å². The number of hydrogen-bond donors (Lipinski definition) is 0. The lowest BCUT2D eigenvalue weighted by atomic mass is 9.99. The molecule has 37 heavy (non-hydrogen) atoms. The molecule has 2 aromatic carbocycles. The highest BCUT2D eigenvalue weighted by Gasteiger charge is 2.33. The maximum atomic E-state index is 13.8. The van der Waals surface area contributed by atoms with E-state index in [9.17, 15) is 14.0 Å². The SMILES string of the molecule is CN(C)c1nc2cc(F)ccc2cc1CN(Cc1ccco1)C(=O)CN1C[C@H](c2ccccc2)CC1=O. The molecular weight excluding hydrogens is 471 g/mol. The first-order chi connectivity index (χ1) is 17.9. The smallest absolute Gasteiger partial charge is 0.242 e. The number of halogens is 1. The molecule has 0 spiro atoms. The van der Waals surface area contributed by atoms with Gasteiger partial charge < -0.3 is 19.1 Å². The third kappa shape index (κ3) is 5.48. The van der Waals surface area contributed by atoms with Gasteiger partial charge in [0, 0.05) is 56.5 Å². The number of furan rings is 1. The van der Waals surface area contributed by atoms with Crippen molar-refractivity contribution in [2.45, 2.75) is 25.4 Å². The molecule has 0 saturated carbocycles. The Balaban J connectivity index is 1.40. The van der Waals surface area contributed by atoms with Crippen molar-refractivity contribution in [2.24, 2.45) is 0 Å². The Kier molecular flexibility index (Phi) is 6.90. The molecule has 4 aromatic rings. The largest absolute Gasteiger partial charge is 0.467 e. The van der Waals surface area contributed by atoms with Crippen molar-refractivity contribution >= 4 is 28.5 Å². The quantitative estimate of drug-likeness (QED) is 0.354. The van der Waals surface area contributed by atoms with Gasteiger partial charge >= 0.3 is 0 Å². The monoisotopic (exact) mass is 500 g/mol. The van der Waals surface area contributed by atoms with Crippen LogP contribution in [0.5, 0.6) is 0 Å². The lowest BCUT2D eigenvalue weighted by Gasteiger charge is -2.27. The Hall–Kier alpha value is -4.20. The molecule has 8 heteroatoms. The molecule has 1 aliphatic heterocycles. The molecule has 1 fully saturated rings. The molecular formula is C29H29FN4O3. The third-order valence-electron chi connectivity index (χ3n) is 6.71. The summed E-state index contributed by atoms with van der Waals surface area (Å²) in [4.78, 5) is 36.3. The van der Waals surface area contributed by atoms with Crippen molar-refractivity contribution in [3.63, 3.8) is 0 Å². The topological polar surface area (TPSA) is 69.9 Å². The van der Waals surface area contributed by atoms with Gasteiger partial charge in [-0.15, -0.1) is 0 Å². The van der Waals surface area contributed by atoms with Gasteiger partial charge in [0.15, 0.2) is 0 Å². The summed E-state index contributed by atoms with van der Waals surface area (Å²) < 4.78 is 19.3. The Bertz CT molecular complexity index is 1410. The van der Waals surface area contributed by atoms with Crippen LogP contribution in [0.1, 0.15) is 29.2 Å².